The highest BCUT2D eigenvalue weighted by molar-refractivity contribution is 9.10. The highest BCUT2D eigenvalue weighted by Gasteiger charge is 2.18. The molecule has 0 saturated heterocycles. The largest absolute Gasteiger partial charge is 0.497 e. The van der Waals surface area contributed by atoms with Gasteiger partial charge in [-0.1, -0.05) is 34.1 Å². The van der Waals surface area contributed by atoms with Crippen LogP contribution in [0.5, 0.6) is 5.75 Å². The normalized spacial score (nSPS) is 12.0. The molecule has 0 aliphatic carbocycles. The zero-order chi connectivity index (χ0) is 16.8. The third-order valence-corrected chi connectivity index (χ3v) is 4.25. The molecule has 0 bridgehead atoms. The highest BCUT2D eigenvalue weighted by atomic mass is 79.9. The quantitative estimate of drug-likeness (QED) is 0.830. The molecule has 0 aliphatic heterocycles. The van der Waals surface area contributed by atoms with E-state index in [4.69, 9.17) is 4.74 Å². The van der Waals surface area contributed by atoms with Crippen molar-refractivity contribution in [3.8, 4) is 5.75 Å². The Balaban J connectivity index is 1.96. The highest BCUT2D eigenvalue weighted by Crippen LogP contribution is 2.18. The molecule has 1 N–H and O–H groups in total. The zero-order valence-corrected chi connectivity index (χ0v) is 15.1. The van der Waals surface area contributed by atoms with Crippen molar-refractivity contribution in [2.45, 2.75) is 19.5 Å². The van der Waals surface area contributed by atoms with E-state index in [1.54, 1.807) is 13.2 Å². The Kier molecular flexibility index (Phi) is 6.19. The summed E-state index contributed by atoms with van der Waals surface area (Å²) in [6, 6.07) is 15.2. The maximum absolute atomic E-state index is 12.4. The Morgan fingerprint density at radius 1 is 1.26 bits per heavy atom. The summed E-state index contributed by atoms with van der Waals surface area (Å²) in [7, 11) is 3.55. The van der Waals surface area contributed by atoms with Crippen LogP contribution in [0.1, 0.15) is 12.5 Å². The third kappa shape index (κ3) is 5.08. The van der Waals surface area contributed by atoms with E-state index in [1.807, 2.05) is 61.3 Å². The van der Waals surface area contributed by atoms with Crippen LogP contribution in [-0.4, -0.2) is 31.0 Å². The fraction of sp³-hybridized carbons (Fsp3) is 0.278. The molecule has 2 aromatic carbocycles. The summed E-state index contributed by atoms with van der Waals surface area (Å²) in [4.78, 5) is 14.4. The molecular formula is C18H21BrN2O2. The van der Waals surface area contributed by atoms with Crippen LogP contribution in [0.15, 0.2) is 53.0 Å². The smallest absolute Gasteiger partial charge is 0.241 e. The number of amides is 1. The standard InChI is InChI=1S/C18H21BrN2O2/c1-13(21(2)12-14-7-9-15(19)10-8-14)18(22)20-16-5-4-6-17(11-16)23-3/h4-11,13H,12H2,1-3H3,(H,20,22)/t13-/m0/s1. The lowest BCUT2D eigenvalue weighted by molar-refractivity contribution is -0.120. The molecule has 0 unspecified atom stereocenters. The summed E-state index contributed by atoms with van der Waals surface area (Å²) in [5.74, 6) is 0.677. The summed E-state index contributed by atoms with van der Waals surface area (Å²) in [6.45, 7) is 2.61. The zero-order valence-electron chi connectivity index (χ0n) is 13.5. The molecule has 0 fully saturated rings. The number of ether oxygens (including phenoxy) is 1. The number of anilines is 1. The molecule has 2 rings (SSSR count). The van der Waals surface area contributed by atoms with E-state index in [0.717, 1.165) is 21.5 Å². The van der Waals surface area contributed by atoms with Gasteiger partial charge in [-0.2, -0.15) is 0 Å². The first-order valence-electron chi connectivity index (χ1n) is 7.39. The van der Waals surface area contributed by atoms with Crippen LogP contribution in [0.25, 0.3) is 0 Å². The molecular weight excluding hydrogens is 356 g/mol. The summed E-state index contributed by atoms with van der Waals surface area (Å²) < 4.78 is 6.22. The van der Waals surface area contributed by atoms with E-state index < -0.39 is 0 Å². The minimum Gasteiger partial charge on any atom is -0.497 e. The first-order valence-corrected chi connectivity index (χ1v) is 8.18. The van der Waals surface area contributed by atoms with Gasteiger partial charge in [0.2, 0.25) is 5.91 Å². The number of hydrogen-bond donors (Lipinski definition) is 1. The first-order chi connectivity index (χ1) is 11.0. The SMILES string of the molecule is COc1cccc(NC(=O)[C@H](C)N(C)Cc2ccc(Br)cc2)c1. The number of methoxy groups -OCH3 is 1. The number of hydrogen-bond acceptors (Lipinski definition) is 3. The number of rotatable bonds is 6. The molecule has 0 aliphatic rings. The summed E-state index contributed by atoms with van der Waals surface area (Å²) in [5, 5.41) is 2.92. The van der Waals surface area contributed by atoms with Gasteiger partial charge in [0.15, 0.2) is 0 Å². The number of nitrogens with zero attached hydrogens (tertiary/aromatic N) is 1. The van der Waals surface area contributed by atoms with Crippen molar-refractivity contribution in [3.63, 3.8) is 0 Å². The molecule has 0 saturated carbocycles. The minimum absolute atomic E-state index is 0.0436. The van der Waals surface area contributed by atoms with Crippen LogP contribution in [0, 0.1) is 0 Å². The van der Waals surface area contributed by atoms with Gasteiger partial charge in [-0.25, -0.2) is 0 Å². The average molecular weight is 377 g/mol. The fourth-order valence-electron chi connectivity index (χ4n) is 2.16. The molecule has 1 amide bonds. The number of carbonyl (C=O) groups excluding carboxylic acids is 1. The van der Waals surface area contributed by atoms with E-state index in [1.165, 1.54) is 0 Å². The predicted octanol–water partition coefficient (Wildman–Crippen LogP) is 3.92. The average Bonchev–Trinajstić information content (AvgIpc) is 2.56. The number of likely N-dealkylation sites (N-methyl/N-ethyl adjacent to an activating group) is 1. The second kappa shape index (κ2) is 8.13. The van der Waals surface area contributed by atoms with Crippen LogP contribution in [0.2, 0.25) is 0 Å². The Hall–Kier alpha value is -1.85. The molecule has 4 nitrogen and oxygen atoms in total. The van der Waals surface area contributed by atoms with E-state index in [0.29, 0.717) is 6.54 Å². The molecule has 23 heavy (non-hydrogen) atoms. The van der Waals surface area contributed by atoms with Crippen molar-refractivity contribution in [1.29, 1.82) is 0 Å². The Morgan fingerprint density at radius 2 is 1.96 bits per heavy atom. The van der Waals surface area contributed by atoms with Crippen molar-refractivity contribution >= 4 is 27.5 Å². The topological polar surface area (TPSA) is 41.6 Å². The van der Waals surface area contributed by atoms with Crippen molar-refractivity contribution in [3.05, 3.63) is 58.6 Å². The second-order valence-corrected chi connectivity index (χ2v) is 6.35. The van der Waals surface area contributed by atoms with Gasteiger partial charge in [0.25, 0.3) is 0 Å². The number of nitrogens with one attached hydrogen (secondary N) is 1. The van der Waals surface area contributed by atoms with Crippen LogP contribution in [-0.2, 0) is 11.3 Å². The third-order valence-electron chi connectivity index (χ3n) is 3.72. The predicted molar refractivity (Wildman–Crippen MR) is 96.7 cm³/mol. The van der Waals surface area contributed by atoms with Crippen LogP contribution < -0.4 is 10.1 Å². The van der Waals surface area contributed by atoms with E-state index in [2.05, 4.69) is 21.2 Å². The molecule has 0 heterocycles. The van der Waals surface area contributed by atoms with E-state index in [9.17, 15) is 4.79 Å². The molecule has 0 aromatic heterocycles. The fourth-order valence-corrected chi connectivity index (χ4v) is 2.43. The van der Waals surface area contributed by atoms with Gasteiger partial charge in [-0.3, -0.25) is 9.69 Å². The van der Waals surface area contributed by atoms with Crippen LogP contribution >= 0.6 is 15.9 Å². The lowest BCUT2D eigenvalue weighted by atomic mass is 10.2. The summed E-state index contributed by atoms with van der Waals surface area (Å²) in [5.41, 5.74) is 1.90. The van der Waals surface area contributed by atoms with Crippen molar-refractivity contribution in [2.24, 2.45) is 0 Å². The Labute approximate surface area is 145 Å². The minimum atomic E-state index is -0.246. The second-order valence-electron chi connectivity index (χ2n) is 5.44. The van der Waals surface area contributed by atoms with Gasteiger partial charge in [0.1, 0.15) is 5.75 Å². The molecule has 2 aromatic rings. The monoisotopic (exact) mass is 376 g/mol. The summed E-state index contributed by atoms with van der Waals surface area (Å²) in [6.07, 6.45) is 0. The van der Waals surface area contributed by atoms with Crippen molar-refractivity contribution in [1.82, 2.24) is 4.90 Å². The van der Waals surface area contributed by atoms with Gasteiger partial charge in [0.05, 0.1) is 13.2 Å². The van der Waals surface area contributed by atoms with Crippen molar-refractivity contribution in [2.75, 3.05) is 19.5 Å². The number of benzene rings is 2. The Bertz CT molecular complexity index is 658. The maximum atomic E-state index is 12.4. The van der Waals surface area contributed by atoms with Gasteiger partial charge >= 0.3 is 0 Å². The molecule has 5 heteroatoms. The van der Waals surface area contributed by atoms with Crippen LogP contribution in [0.3, 0.4) is 0 Å². The molecule has 1 atom stereocenters. The molecule has 0 radical (unpaired) electrons. The first kappa shape index (κ1) is 17.5. The van der Waals surface area contributed by atoms with Crippen LogP contribution in [0.4, 0.5) is 5.69 Å². The summed E-state index contributed by atoms with van der Waals surface area (Å²) >= 11 is 3.42. The lowest BCUT2D eigenvalue weighted by Crippen LogP contribution is -2.39. The lowest BCUT2D eigenvalue weighted by Gasteiger charge is -2.24. The molecule has 122 valence electrons. The number of halogens is 1. The number of carbonyl (C=O) groups is 1. The maximum Gasteiger partial charge on any atom is 0.241 e. The van der Waals surface area contributed by atoms with Gasteiger partial charge in [-0.15, -0.1) is 0 Å². The van der Waals surface area contributed by atoms with Gasteiger partial charge in [0, 0.05) is 22.8 Å². The van der Waals surface area contributed by atoms with Gasteiger partial charge < -0.3 is 10.1 Å². The van der Waals surface area contributed by atoms with Crippen molar-refractivity contribution < 1.29 is 9.53 Å². The molecule has 0 spiro atoms. The van der Waals surface area contributed by atoms with E-state index >= 15 is 0 Å². The van der Waals surface area contributed by atoms with E-state index in [-0.39, 0.29) is 11.9 Å². The Morgan fingerprint density at radius 3 is 2.61 bits per heavy atom. The van der Waals surface area contributed by atoms with Gasteiger partial charge in [-0.05, 0) is 43.8 Å².